The van der Waals surface area contributed by atoms with Crippen LogP contribution in [0, 0.1) is 6.92 Å². The van der Waals surface area contributed by atoms with E-state index in [0.29, 0.717) is 5.56 Å². The Morgan fingerprint density at radius 1 is 1.12 bits per heavy atom. The van der Waals surface area contributed by atoms with Gasteiger partial charge in [-0.25, -0.2) is 8.42 Å². The van der Waals surface area contributed by atoms with E-state index in [1.54, 1.807) is 24.3 Å². The SMILES string of the molecule is CCc1ccc([C@@H]2[C@H](S(=O)(=O)c3ccc(C)cc3)[C@]2(N)C(=O)O)cc1. The van der Waals surface area contributed by atoms with E-state index in [1.807, 2.05) is 26.0 Å². The number of rotatable bonds is 5. The van der Waals surface area contributed by atoms with Crippen molar-refractivity contribution in [1.29, 1.82) is 0 Å². The number of sulfone groups is 1. The highest BCUT2D eigenvalue weighted by atomic mass is 32.2. The van der Waals surface area contributed by atoms with E-state index < -0.39 is 32.5 Å². The quantitative estimate of drug-likeness (QED) is 0.853. The number of hydrogen-bond acceptors (Lipinski definition) is 4. The fourth-order valence-electron chi connectivity index (χ4n) is 3.35. The largest absolute Gasteiger partial charge is 0.480 e. The maximum Gasteiger partial charge on any atom is 0.325 e. The van der Waals surface area contributed by atoms with Crippen LogP contribution in [0.5, 0.6) is 0 Å². The van der Waals surface area contributed by atoms with Gasteiger partial charge < -0.3 is 10.8 Å². The molecule has 25 heavy (non-hydrogen) atoms. The maximum absolute atomic E-state index is 13.0. The number of carboxylic acid groups (broad SMARTS) is 1. The molecule has 1 fully saturated rings. The lowest BCUT2D eigenvalue weighted by molar-refractivity contribution is -0.139. The predicted molar refractivity (Wildman–Crippen MR) is 95.3 cm³/mol. The van der Waals surface area contributed by atoms with Gasteiger partial charge in [0.05, 0.1) is 4.90 Å². The Balaban J connectivity index is 2.03. The molecule has 1 aliphatic carbocycles. The summed E-state index contributed by atoms with van der Waals surface area (Å²) in [6, 6.07) is 13.7. The van der Waals surface area contributed by atoms with Gasteiger partial charge in [0, 0.05) is 5.92 Å². The third-order valence-corrected chi connectivity index (χ3v) is 7.24. The number of nitrogens with two attached hydrogens (primary N) is 1. The highest BCUT2D eigenvalue weighted by Crippen LogP contribution is 2.55. The van der Waals surface area contributed by atoms with Gasteiger partial charge in [-0.3, -0.25) is 4.79 Å². The molecule has 0 radical (unpaired) electrons. The standard InChI is InChI=1S/C19H21NO4S/c1-3-13-6-8-14(9-7-13)16-17(19(16,20)18(21)22)25(23,24)15-10-4-12(2)5-11-15/h4-11,16-17H,3,20H2,1-2H3,(H,21,22)/t16-,17+,19+/m1/s1. The second kappa shape index (κ2) is 5.97. The number of carbonyl (C=O) groups is 1. The van der Waals surface area contributed by atoms with Gasteiger partial charge in [-0.15, -0.1) is 0 Å². The van der Waals surface area contributed by atoms with E-state index in [2.05, 4.69) is 0 Å². The first-order chi connectivity index (χ1) is 11.7. The van der Waals surface area contributed by atoms with Gasteiger partial charge in [0.15, 0.2) is 9.84 Å². The summed E-state index contributed by atoms with van der Waals surface area (Å²) in [5.41, 5.74) is 6.92. The van der Waals surface area contributed by atoms with Crippen LogP contribution in [-0.4, -0.2) is 30.3 Å². The van der Waals surface area contributed by atoms with Crippen LogP contribution in [0.4, 0.5) is 0 Å². The van der Waals surface area contributed by atoms with E-state index in [1.165, 1.54) is 12.1 Å². The molecule has 0 unspecified atom stereocenters. The molecule has 5 nitrogen and oxygen atoms in total. The molecule has 0 spiro atoms. The van der Waals surface area contributed by atoms with Gasteiger partial charge in [-0.05, 0) is 36.6 Å². The molecule has 2 aromatic carbocycles. The van der Waals surface area contributed by atoms with E-state index in [-0.39, 0.29) is 4.90 Å². The molecule has 1 saturated carbocycles. The van der Waals surface area contributed by atoms with Crippen molar-refractivity contribution >= 4 is 15.8 Å². The molecule has 0 bridgehead atoms. The van der Waals surface area contributed by atoms with Crippen LogP contribution in [-0.2, 0) is 21.1 Å². The van der Waals surface area contributed by atoms with E-state index in [0.717, 1.165) is 17.5 Å². The minimum atomic E-state index is -3.85. The van der Waals surface area contributed by atoms with E-state index >= 15 is 0 Å². The molecule has 0 saturated heterocycles. The lowest BCUT2D eigenvalue weighted by Crippen LogP contribution is -2.39. The van der Waals surface area contributed by atoms with Gasteiger partial charge in [-0.2, -0.15) is 0 Å². The first-order valence-corrected chi connectivity index (χ1v) is 9.69. The summed E-state index contributed by atoms with van der Waals surface area (Å²) >= 11 is 0. The monoisotopic (exact) mass is 359 g/mol. The fourth-order valence-corrected chi connectivity index (χ4v) is 5.58. The molecule has 0 amide bonds. The summed E-state index contributed by atoms with van der Waals surface area (Å²) in [4.78, 5) is 11.8. The Morgan fingerprint density at radius 2 is 1.68 bits per heavy atom. The van der Waals surface area contributed by atoms with Crippen LogP contribution in [0.1, 0.15) is 29.5 Å². The topological polar surface area (TPSA) is 97.5 Å². The van der Waals surface area contributed by atoms with Gasteiger partial charge in [0.25, 0.3) is 0 Å². The maximum atomic E-state index is 13.0. The summed E-state index contributed by atoms with van der Waals surface area (Å²) in [6.45, 7) is 3.87. The summed E-state index contributed by atoms with van der Waals surface area (Å²) in [6.07, 6.45) is 0.850. The average molecular weight is 359 g/mol. The van der Waals surface area contributed by atoms with Crippen LogP contribution in [0.3, 0.4) is 0 Å². The molecule has 132 valence electrons. The van der Waals surface area contributed by atoms with Gasteiger partial charge in [-0.1, -0.05) is 48.9 Å². The Kier molecular flexibility index (Phi) is 4.21. The summed E-state index contributed by atoms with van der Waals surface area (Å²) in [5.74, 6) is -2.06. The minimum absolute atomic E-state index is 0.104. The first kappa shape index (κ1) is 17.6. The third-order valence-electron chi connectivity index (χ3n) is 4.98. The van der Waals surface area contributed by atoms with Crippen LogP contribution in [0.25, 0.3) is 0 Å². The summed E-state index contributed by atoms with van der Waals surface area (Å²) < 4.78 is 26.0. The third kappa shape index (κ3) is 2.75. The van der Waals surface area contributed by atoms with Gasteiger partial charge >= 0.3 is 5.97 Å². The lowest BCUT2D eigenvalue weighted by Gasteiger charge is -2.07. The predicted octanol–water partition coefficient (Wildman–Crippen LogP) is 2.28. The molecular formula is C19H21NO4S. The number of hydrogen-bond donors (Lipinski definition) is 2. The second-order valence-electron chi connectivity index (χ2n) is 6.59. The van der Waals surface area contributed by atoms with Crippen LogP contribution >= 0.6 is 0 Å². The lowest BCUT2D eigenvalue weighted by atomic mass is 10.0. The number of carboxylic acids is 1. The Labute approximate surface area is 147 Å². The Bertz CT molecular complexity index is 903. The second-order valence-corrected chi connectivity index (χ2v) is 8.66. The molecule has 0 aromatic heterocycles. The summed E-state index contributed by atoms with van der Waals surface area (Å²) in [7, 11) is -3.85. The molecule has 0 aliphatic heterocycles. The minimum Gasteiger partial charge on any atom is -0.480 e. The molecular weight excluding hydrogens is 338 g/mol. The van der Waals surface area contributed by atoms with Crippen LogP contribution < -0.4 is 5.73 Å². The van der Waals surface area contributed by atoms with Crippen molar-refractivity contribution in [3.8, 4) is 0 Å². The molecule has 3 rings (SSSR count). The zero-order valence-corrected chi connectivity index (χ0v) is 15.0. The smallest absolute Gasteiger partial charge is 0.325 e. The number of benzene rings is 2. The van der Waals surface area contributed by atoms with Crippen molar-refractivity contribution in [2.24, 2.45) is 5.73 Å². The molecule has 1 aliphatic rings. The fraction of sp³-hybridized carbons (Fsp3) is 0.316. The normalized spacial score (nSPS) is 25.6. The Morgan fingerprint density at radius 3 is 2.16 bits per heavy atom. The average Bonchev–Trinajstić information content (AvgIpc) is 3.24. The van der Waals surface area contributed by atoms with Crippen molar-refractivity contribution in [1.82, 2.24) is 0 Å². The molecule has 0 heterocycles. The van der Waals surface area contributed by atoms with Crippen molar-refractivity contribution in [3.05, 3.63) is 65.2 Å². The van der Waals surface area contributed by atoms with E-state index in [4.69, 9.17) is 5.73 Å². The highest BCUT2D eigenvalue weighted by Gasteiger charge is 2.74. The zero-order chi connectivity index (χ0) is 18.4. The molecule has 3 atom stereocenters. The van der Waals surface area contributed by atoms with E-state index in [9.17, 15) is 18.3 Å². The number of aryl methyl sites for hydroxylation is 2. The highest BCUT2D eigenvalue weighted by molar-refractivity contribution is 7.92. The first-order valence-electron chi connectivity index (χ1n) is 8.14. The van der Waals surface area contributed by atoms with Gasteiger partial charge in [0.2, 0.25) is 0 Å². The molecule has 2 aromatic rings. The molecule has 3 N–H and O–H groups in total. The molecule has 6 heteroatoms. The Hall–Kier alpha value is -2.18. The summed E-state index contributed by atoms with van der Waals surface area (Å²) in [5, 5.41) is 8.41. The zero-order valence-electron chi connectivity index (χ0n) is 14.1. The van der Waals surface area contributed by atoms with Crippen molar-refractivity contribution in [2.75, 3.05) is 0 Å². The number of aliphatic carboxylic acids is 1. The van der Waals surface area contributed by atoms with Gasteiger partial charge in [0.1, 0.15) is 10.8 Å². The van der Waals surface area contributed by atoms with Crippen molar-refractivity contribution in [2.45, 2.75) is 41.9 Å². The van der Waals surface area contributed by atoms with Crippen LogP contribution in [0.2, 0.25) is 0 Å². The van der Waals surface area contributed by atoms with Crippen LogP contribution in [0.15, 0.2) is 53.4 Å². The van der Waals surface area contributed by atoms with Crippen molar-refractivity contribution in [3.63, 3.8) is 0 Å². The van der Waals surface area contributed by atoms with Crippen molar-refractivity contribution < 1.29 is 18.3 Å².